The second kappa shape index (κ2) is 4.23. The zero-order valence-corrected chi connectivity index (χ0v) is 9.29. The van der Waals surface area contributed by atoms with E-state index in [1.165, 1.54) is 18.4 Å². The highest BCUT2D eigenvalue weighted by Crippen LogP contribution is 2.46. The van der Waals surface area contributed by atoms with Crippen molar-refractivity contribution in [2.24, 2.45) is 0 Å². The van der Waals surface area contributed by atoms with Gasteiger partial charge in [-0.2, -0.15) is 0 Å². The first-order valence-corrected chi connectivity index (χ1v) is 5.38. The summed E-state index contributed by atoms with van der Waals surface area (Å²) in [5.74, 6) is 2.59. The van der Waals surface area contributed by atoms with E-state index in [-0.39, 0.29) is 6.61 Å². The minimum Gasteiger partial charge on any atom is -0.496 e. The number of hydrogen-bond acceptors (Lipinski definition) is 2. The molecule has 1 saturated carbocycles. The summed E-state index contributed by atoms with van der Waals surface area (Å²) in [6.07, 6.45) is 2.52. The quantitative estimate of drug-likeness (QED) is 0.818. The normalized spacial score (nSPS) is 15.7. The van der Waals surface area contributed by atoms with Gasteiger partial charge in [-0.05, 0) is 24.3 Å². The summed E-state index contributed by atoms with van der Waals surface area (Å²) in [5.41, 5.74) is 2.34. The molecule has 0 spiro atoms. The molecule has 0 atom stereocenters. The molecular weight excluding hydrogens is 188 g/mol. The molecule has 0 heterocycles. The first kappa shape index (κ1) is 10.5. The molecule has 1 radical (unpaired) electrons. The van der Waals surface area contributed by atoms with Crippen LogP contribution in [0.1, 0.15) is 36.8 Å². The van der Waals surface area contributed by atoms with Gasteiger partial charge >= 0.3 is 0 Å². The minimum atomic E-state index is 0.0878. The standard InChI is InChI=1S/C13H17O2/c1-9(8-14)11-4-3-5-12(10-6-7-10)13(11)15-2/h3-5,10,14H,6-8H2,1-2H3. The van der Waals surface area contributed by atoms with E-state index in [0.29, 0.717) is 5.92 Å². The Morgan fingerprint density at radius 3 is 2.73 bits per heavy atom. The molecule has 1 aromatic carbocycles. The van der Waals surface area contributed by atoms with Crippen molar-refractivity contribution in [3.63, 3.8) is 0 Å². The Kier molecular flexibility index (Phi) is 2.96. The van der Waals surface area contributed by atoms with Crippen molar-refractivity contribution >= 4 is 0 Å². The summed E-state index contributed by atoms with van der Waals surface area (Å²) in [6, 6.07) is 6.19. The molecular formula is C13H17O2. The van der Waals surface area contributed by atoms with Crippen molar-refractivity contribution in [2.45, 2.75) is 25.7 Å². The summed E-state index contributed by atoms with van der Waals surface area (Å²) in [4.78, 5) is 0. The summed E-state index contributed by atoms with van der Waals surface area (Å²) >= 11 is 0. The molecule has 2 heteroatoms. The van der Waals surface area contributed by atoms with Crippen molar-refractivity contribution in [1.29, 1.82) is 0 Å². The SMILES string of the molecule is COc1c([C](C)CO)cccc1C1CC1. The first-order valence-electron chi connectivity index (χ1n) is 5.38. The van der Waals surface area contributed by atoms with Gasteiger partial charge in [0, 0.05) is 11.5 Å². The van der Waals surface area contributed by atoms with Crippen LogP contribution in [0.15, 0.2) is 18.2 Å². The summed E-state index contributed by atoms with van der Waals surface area (Å²) in [7, 11) is 1.70. The molecule has 1 aliphatic carbocycles. The molecule has 0 amide bonds. The Morgan fingerprint density at radius 1 is 1.47 bits per heavy atom. The Morgan fingerprint density at radius 2 is 2.20 bits per heavy atom. The third-order valence-electron chi connectivity index (χ3n) is 2.96. The van der Waals surface area contributed by atoms with Crippen LogP contribution in [-0.4, -0.2) is 18.8 Å². The lowest BCUT2D eigenvalue weighted by molar-refractivity contribution is 0.312. The number of benzene rings is 1. The van der Waals surface area contributed by atoms with Crippen LogP contribution in [0.2, 0.25) is 0 Å². The van der Waals surface area contributed by atoms with E-state index in [9.17, 15) is 0 Å². The molecule has 2 rings (SSSR count). The molecule has 1 aliphatic rings. The highest BCUT2D eigenvalue weighted by atomic mass is 16.5. The molecule has 0 aromatic heterocycles. The van der Waals surface area contributed by atoms with Crippen LogP contribution in [0.3, 0.4) is 0 Å². The molecule has 2 nitrogen and oxygen atoms in total. The maximum absolute atomic E-state index is 9.16. The zero-order valence-electron chi connectivity index (χ0n) is 9.29. The Bertz CT molecular complexity index is 342. The predicted molar refractivity (Wildman–Crippen MR) is 60.1 cm³/mol. The fourth-order valence-electron chi connectivity index (χ4n) is 1.92. The van der Waals surface area contributed by atoms with Crippen molar-refractivity contribution in [1.82, 2.24) is 0 Å². The van der Waals surface area contributed by atoms with E-state index in [0.717, 1.165) is 17.2 Å². The van der Waals surface area contributed by atoms with Crippen LogP contribution in [0.25, 0.3) is 0 Å². The molecule has 81 valence electrons. The third-order valence-corrected chi connectivity index (χ3v) is 2.96. The van der Waals surface area contributed by atoms with Crippen LogP contribution in [0, 0.1) is 5.92 Å². The number of aliphatic hydroxyl groups is 1. The zero-order chi connectivity index (χ0) is 10.8. The van der Waals surface area contributed by atoms with Gasteiger partial charge in [0.15, 0.2) is 0 Å². The molecule has 0 unspecified atom stereocenters. The van der Waals surface area contributed by atoms with E-state index in [2.05, 4.69) is 6.07 Å². The van der Waals surface area contributed by atoms with E-state index < -0.39 is 0 Å². The number of ether oxygens (including phenoxy) is 1. The molecule has 0 aliphatic heterocycles. The lowest BCUT2D eigenvalue weighted by Gasteiger charge is -2.16. The molecule has 0 saturated heterocycles. The number of rotatable bonds is 4. The summed E-state index contributed by atoms with van der Waals surface area (Å²) in [6.45, 7) is 2.03. The number of hydrogen-bond donors (Lipinski definition) is 1. The number of methoxy groups -OCH3 is 1. The van der Waals surface area contributed by atoms with Crippen LogP contribution >= 0.6 is 0 Å². The second-order valence-electron chi connectivity index (χ2n) is 4.14. The highest BCUT2D eigenvalue weighted by Gasteiger charge is 2.28. The van der Waals surface area contributed by atoms with E-state index in [1.54, 1.807) is 7.11 Å². The first-order chi connectivity index (χ1) is 7.27. The van der Waals surface area contributed by atoms with E-state index >= 15 is 0 Å². The molecule has 0 bridgehead atoms. The van der Waals surface area contributed by atoms with Crippen molar-refractivity contribution in [3.8, 4) is 5.75 Å². The Hall–Kier alpha value is -1.02. The van der Waals surface area contributed by atoms with Crippen LogP contribution in [0.5, 0.6) is 5.75 Å². The smallest absolute Gasteiger partial charge is 0.126 e. The van der Waals surface area contributed by atoms with E-state index in [1.807, 2.05) is 19.1 Å². The van der Waals surface area contributed by atoms with Gasteiger partial charge in [0.2, 0.25) is 0 Å². The fourth-order valence-corrected chi connectivity index (χ4v) is 1.92. The van der Waals surface area contributed by atoms with Crippen molar-refractivity contribution in [3.05, 3.63) is 35.2 Å². The van der Waals surface area contributed by atoms with Gasteiger partial charge in [-0.3, -0.25) is 0 Å². The van der Waals surface area contributed by atoms with Gasteiger partial charge < -0.3 is 9.84 Å². The third kappa shape index (κ3) is 2.00. The van der Waals surface area contributed by atoms with Crippen molar-refractivity contribution < 1.29 is 9.84 Å². The lowest BCUT2D eigenvalue weighted by atomic mass is 9.96. The van der Waals surface area contributed by atoms with Gasteiger partial charge in [-0.25, -0.2) is 0 Å². The van der Waals surface area contributed by atoms with Crippen LogP contribution in [0.4, 0.5) is 0 Å². The number of para-hydroxylation sites is 1. The van der Waals surface area contributed by atoms with Crippen LogP contribution < -0.4 is 4.74 Å². The largest absolute Gasteiger partial charge is 0.496 e. The van der Waals surface area contributed by atoms with Gasteiger partial charge in [0.1, 0.15) is 5.75 Å². The predicted octanol–water partition coefficient (Wildman–Crippen LogP) is 2.51. The van der Waals surface area contributed by atoms with Gasteiger partial charge in [0.25, 0.3) is 0 Å². The van der Waals surface area contributed by atoms with Gasteiger partial charge in [-0.15, -0.1) is 0 Å². The van der Waals surface area contributed by atoms with E-state index in [4.69, 9.17) is 9.84 Å². The average Bonchev–Trinajstić information content (AvgIpc) is 3.10. The maximum atomic E-state index is 9.16. The summed E-state index contributed by atoms with van der Waals surface area (Å²) < 4.78 is 5.47. The Balaban J connectivity index is 2.40. The summed E-state index contributed by atoms with van der Waals surface area (Å²) in [5, 5.41) is 9.16. The monoisotopic (exact) mass is 205 g/mol. The fraction of sp³-hybridized carbons (Fsp3) is 0.462. The maximum Gasteiger partial charge on any atom is 0.126 e. The van der Waals surface area contributed by atoms with Crippen molar-refractivity contribution in [2.75, 3.05) is 13.7 Å². The molecule has 1 fully saturated rings. The highest BCUT2D eigenvalue weighted by molar-refractivity contribution is 5.50. The Labute approximate surface area is 90.9 Å². The lowest BCUT2D eigenvalue weighted by Crippen LogP contribution is -2.04. The average molecular weight is 205 g/mol. The molecule has 1 aromatic rings. The molecule has 15 heavy (non-hydrogen) atoms. The second-order valence-corrected chi connectivity index (χ2v) is 4.14. The molecule has 1 N–H and O–H groups in total. The minimum absolute atomic E-state index is 0.0878. The van der Waals surface area contributed by atoms with Gasteiger partial charge in [-0.1, -0.05) is 25.1 Å². The van der Waals surface area contributed by atoms with Gasteiger partial charge in [0.05, 0.1) is 13.7 Å². The number of aliphatic hydroxyl groups excluding tert-OH is 1. The van der Waals surface area contributed by atoms with Crippen LogP contribution in [-0.2, 0) is 0 Å². The topological polar surface area (TPSA) is 29.5 Å².